The molecule has 0 saturated carbocycles. The Hall–Kier alpha value is -1.65. The van der Waals surface area contributed by atoms with E-state index in [0.29, 0.717) is 24.1 Å². The van der Waals surface area contributed by atoms with Crippen molar-refractivity contribution in [2.24, 2.45) is 0 Å². The average molecular weight is 453 g/mol. The Morgan fingerprint density at radius 3 is 2.10 bits per heavy atom. The lowest BCUT2D eigenvalue weighted by molar-refractivity contribution is -0.0517. The van der Waals surface area contributed by atoms with Gasteiger partial charge >= 0.3 is 5.51 Å². The molecule has 29 heavy (non-hydrogen) atoms. The predicted octanol–water partition coefficient (Wildman–Crippen LogP) is 4.46. The molecular formula is C19H23F3O5S2. The molecular weight excluding hydrogens is 429 g/mol. The first-order chi connectivity index (χ1) is 13.6. The van der Waals surface area contributed by atoms with Gasteiger partial charge in [0.1, 0.15) is 23.0 Å². The number of halogens is 3. The molecule has 0 spiro atoms. The van der Waals surface area contributed by atoms with Crippen molar-refractivity contribution >= 4 is 31.8 Å². The molecule has 3 rings (SSSR count). The molecule has 0 amide bonds. The van der Waals surface area contributed by atoms with Gasteiger partial charge in [-0.15, -0.1) is 0 Å². The molecule has 2 aromatic carbocycles. The lowest BCUT2D eigenvalue weighted by atomic mass is 10.1. The Kier molecular flexibility index (Phi) is 8.07. The summed E-state index contributed by atoms with van der Waals surface area (Å²) in [7, 11) is -5.69. The van der Waals surface area contributed by atoms with E-state index in [2.05, 4.69) is 30.3 Å². The van der Waals surface area contributed by atoms with Gasteiger partial charge in [0.25, 0.3) is 0 Å². The van der Waals surface area contributed by atoms with Gasteiger partial charge in [0, 0.05) is 21.7 Å². The first-order valence-electron chi connectivity index (χ1n) is 9.10. The van der Waals surface area contributed by atoms with Crippen LogP contribution in [0.25, 0.3) is 10.8 Å². The van der Waals surface area contributed by atoms with Crippen LogP contribution in [-0.2, 0) is 21.0 Å². The first-order valence-corrected chi connectivity index (χ1v) is 12.1. The maximum absolute atomic E-state index is 10.7. The van der Waals surface area contributed by atoms with Gasteiger partial charge in [0.15, 0.2) is 15.0 Å². The fraction of sp³-hybridized carbons (Fsp3) is 0.474. The summed E-state index contributed by atoms with van der Waals surface area (Å²) in [6.45, 7) is 5.47. The Balaban J connectivity index is 0.000000321. The van der Waals surface area contributed by atoms with Gasteiger partial charge in [-0.1, -0.05) is 0 Å². The van der Waals surface area contributed by atoms with E-state index in [1.54, 1.807) is 0 Å². The lowest BCUT2D eigenvalue weighted by Gasteiger charge is -2.12. The van der Waals surface area contributed by atoms with Gasteiger partial charge in [0.05, 0.1) is 13.2 Å². The highest BCUT2D eigenvalue weighted by Gasteiger charge is 2.37. The fourth-order valence-corrected chi connectivity index (χ4v) is 5.43. The Bertz CT molecular complexity index is 923. The molecule has 1 heterocycles. The number of benzene rings is 2. The third-order valence-electron chi connectivity index (χ3n) is 4.14. The van der Waals surface area contributed by atoms with Crippen LogP contribution in [0.15, 0.2) is 35.2 Å². The number of fused-ring (bicyclic) bond motifs is 1. The van der Waals surface area contributed by atoms with Gasteiger partial charge in [-0.3, -0.25) is 0 Å². The van der Waals surface area contributed by atoms with Gasteiger partial charge in [-0.2, -0.15) is 13.2 Å². The zero-order valence-electron chi connectivity index (χ0n) is 16.1. The summed E-state index contributed by atoms with van der Waals surface area (Å²) in [6, 6.07) is 10.8. The van der Waals surface area contributed by atoms with Crippen LogP contribution in [0.2, 0.25) is 0 Å². The summed E-state index contributed by atoms with van der Waals surface area (Å²) in [6.07, 6.45) is 2.73. The molecule has 2 aromatic rings. The van der Waals surface area contributed by atoms with Crippen molar-refractivity contribution < 1.29 is 35.6 Å². The molecule has 0 atom stereocenters. The van der Waals surface area contributed by atoms with Crippen molar-refractivity contribution in [1.82, 2.24) is 0 Å². The van der Waals surface area contributed by atoms with Crippen molar-refractivity contribution in [2.75, 3.05) is 24.7 Å². The van der Waals surface area contributed by atoms with Crippen LogP contribution in [0.3, 0.4) is 0 Å². The van der Waals surface area contributed by atoms with Crippen molar-refractivity contribution in [2.45, 2.75) is 37.1 Å². The largest absolute Gasteiger partial charge is 0.741 e. The summed E-state index contributed by atoms with van der Waals surface area (Å²) < 4.78 is 70.4. The molecule has 1 saturated heterocycles. The van der Waals surface area contributed by atoms with E-state index in [0.717, 1.165) is 11.5 Å². The number of hydrogen-bond donors (Lipinski definition) is 0. The van der Waals surface area contributed by atoms with Crippen LogP contribution in [0.5, 0.6) is 11.5 Å². The Morgan fingerprint density at radius 2 is 1.59 bits per heavy atom. The minimum atomic E-state index is -6.09. The van der Waals surface area contributed by atoms with Crippen molar-refractivity contribution in [3.8, 4) is 11.5 Å². The third-order valence-corrected chi connectivity index (χ3v) is 7.25. The number of rotatable bonds is 5. The summed E-state index contributed by atoms with van der Waals surface area (Å²) in [4.78, 5) is 1.49. The molecule has 0 N–H and O–H groups in total. The zero-order chi connectivity index (χ0) is 21.7. The molecule has 0 unspecified atom stereocenters. The molecule has 10 heteroatoms. The first kappa shape index (κ1) is 23.6. The van der Waals surface area contributed by atoms with E-state index < -0.39 is 15.6 Å². The average Bonchev–Trinajstić information content (AvgIpc) is 3.15. The molecule has 0 aliphatic carbocycles. The zero-order valence-corrected chi connectivity index (χ0v) is 17.8. The molecule has 1 aliphatic rings. The van der Waals surface area contributed by atoms with Crippen molar-refractivity contribution in [3.63, 3.8) is 0 Å². The molecule has 1 fully saturated rings. The van der Waals surface area contributed by atoms with Gasteiger partial charge < -0.3 is 14.0 Å². The SMILES string of the molecule is CCOc1ccc2c(OCC)ccc([S+]3CCCC3)c2c1.O=S(=O)([O-])C(F)(F)F. The van der Waals surface area contributed by atoms with Crippen LogP contribution < -0.4 is 9.47 Å². The van der Waals surface area contributed by atoms with Crippen LogP contribution in [0.4, 0.5) is 13.2 Å². The number of hydrogen-bond acceptors (Lipinski definition) is 5. The predicted molar refractivity (Wildman–Crippen MR) is 107 cm³/mol. The summed E-state index contributed by atoms with van der Waals surface area (Å²) in [5, 5.41) is 2.54. The molecule has 0 aromatic heterocycles. The second-order valence-electron chi connectivity index (χ2n) is 6.14. The minimum Gasteiger partial charge on any atom is -0.741 e. The molecule has 5 nitrogen and oxygen atoms in total. The normalized spacial score (nSPS) is 15.1. The summed E-state index contributed by atoms with van der Waals surface area (Å²) >= 11 is 0. The molecule has 0 radical (unpaired) electrons. The van der Waals surface area contributed by atoms with E-state index in [4.69, 9.17) is 22.4 Å². The standard InChI is InChI=1S/C18H23O2S.CHF3O3S/c1-3-19-14-7-8-15-16(13-14)18(21-11-5-6-12-21)10-9-17(15)20-4-2;2-1(3,4)8(5,6)7/h7-10,13H,3-6,11-12H2,1-2H3;(H,5,6,7)/q+1;/p-1. The monoisotopic (exact) mass is 452 g/mol. The van der Waals surface area contributed by atoms with Gasteiger partial charge in [0.2, 0.25) is 0 Å². The third kappa shape index (κ3) is 6.16. The van der Waals surface area contributed by atoms with E-state index >= 15 is 0 Å². The van der Waals surface area contributed by atoms with Crippen molar-refractivity contribution in [3.05, 3.63) is 30.3 Å². The lowest BCUT2D eigenvalue weighted by Crippen LogP contribution is -2.21. The minimum absolute atomic E-state index is 0.399. The highest BCUT2D eigenvalue weighted by molar-refractivity contribution is 7.97. The summed E-state index contributed by atoms with van der Waals surface area (Å²) in [5.74, 6) is 4.62. The van der Waals surface area contributed by atoms with E-state index in [9.17, 15) is 13.2 Å². The maximum Gasteiger partial charge on any atom is 0.485 e. The summed E-state index contributed by atoms with van der Waals surface area (Å²) in [5.41, 5.74) is -5.65. The Morgan fingerprint density at radius 1 is 1.00 bits per heavy atom. The van der Waals surface area contributed by atoms with Gasteiger partial charge in [-0.25, -0.2) is 8.42 Å². The van der Waals surface area contributed by atoms with Crippen LogP contribution in [0, 0.1) is 0 Å². The Labute approximate surface area is 171 Å². The highest BCUT2D eigenvalue weighted by Crippen LogP contribution is 2.36. The van der Waals surface area contributed by atoms with E-state index in [-0.39, 0.29) is 0 Å². The van der Waals surface area contributed by atoms with E-state index in [1.807, 2.05) is 13.8 Å². The smallest absolute Gasteiger partial charge is 0.485 e. The number of ether oxygens (including phenoxy) is 2. The van der Waals surface area contributed by atoms with Crippen LogP contribution >= 0.6 is 0 Å². The van der Waals surface area contributed by atoms with Crippen LogP contribution in [0.1, 0.15) is 26.7 Å². The van der Waals surface area contributed by atoms with E-state index in [1.165, 1.54) is 40.0 Å². The molecule has 0 bridgehead atoms. The highest BCUT2D eigenvalue weighted by atomic mass is 32.2. The fourth-order valence-electron chi connectivity index (χ4n) is 2.94. The van der Waals surface area contributed by atoms with Gasteiger partial charge in [-0.05, 0) is 57.0 Å². The molecule has 1 aliphatic heterocycles. The second-order valence-corrected chi connectivity index (χ2v) is 9.76. The van der Waals surface area contributed by atoms with Crippen molar-refractivity contribution in [1.29, 1.82) is 0 Å². The number of alkyl halides is 3. The van der Waals surface area contributed by atoms with Crippen LogP contribution in [-0.4, -0.2) is 43.2 Å². The second kappa shape index (κ2) is 9.90. The quantitative estimate of drug-likeness (QED) is 0.380. The topological polar surface area (TPSA) is 75.7 Å². The molecule has 162 valence electrons. The maximum atomic E-state index is 10.7.